The summed E-state index contributed by atoms with van der Waals surface area (Å²) in [5, 5.41) is 4.12. The fraction of sp³-hybridized carbons (Fsp3) is 0.250. The lowest BCUT2D eigenvalue weighted by Gasteiger charge is -1.95. The van der Waals surface area contributed by atoms with E-state index in [2.05, 4.69) is 5.10 Å². The molecule has 0 aromatic carbocycles. The minimum atomic E-state index is -0.0156. The van der Waals surface area contributed by atoms with Crippen LogP contribution >= 0.6 is 0 Å². The first-order chi connectivity index (χ1) is 5.68. The molecule has 0 saturated carbocycles. The van der Waals surface area contributed by atoms with E-state index < -0.39 is 0 Å². The van der Waals surface area contributed by atoms with Crippen LogP contribution in [-0.4, -0.2) is 14.2 Å². The first-order valence-electron chi connectivity index (χ1n) is 3.70. The predicted molar refractivity (Wildman–Crippen MR) is 45.2 cm³/mol. The van der Waals surface area contributed by atoms with Gasteiger partial charge < -0.3 is 4.57 Å². The van der Waals surface area contributed by atoms with Crippen molar-refractivity contribution in [1.82, 2.24) is 14.2 Å². The van der Waals surface area contributed by atoms with Crippen LogP contribution in [0.3, 0.4) is 0 Å². The minimum absolute atomic E-state index is 0.0156. The number of rotatable bonds is 0. The van der Waals surface area contributed by atoms with Crippen molar-refractivity contribution in [1.29, 1.82) is 0 Å². The lowest BCUT2D eigenvalue weighted by Crippen LogP contribution is -2.17. The Morgan fingerprint density at radius 1 is 1.42 bits per heavy atom. The van der Waals surface area contributed by atoms with E-state index in [0.29, 0.717) is 5.52 Å². The summed E-state index contributed by atoms with van der Waals surface area (Å²) in [5.41, 5.74) is 1.47. The molecule has 0 N–H and O–H groups in total. The van der Waals surface area contributed by atoms with Crippen LogP contribution in [0.15, 0.2) is 23.3 Å². The highest BCUT2D eigenvalue weighted by atomic mass is 16.1. The topological polar surface area (TPSA) is 39.3 Å². The molecule has 0 unspecified atom stereocenters. The standard InChI is InChI=1S/C8H9N3O/c1-6-5-7-8(12)10(2)3-4-11(7)9-6/h3-5H,1-2H3. The summed E-state index contributed by atoms with van der Waals surface area (Å²) >= 11 is 0. The molecule has 2 rings (SSSR count). The van der Waals surface area contributed by atoms with Crippen molar-refractivity contribution < 1.29 is 0 Å². The van der Waals surface area contributed by atoms with Gasteiger partial charge in [0.05, 0.1) is 5.69 Å². The first kappa shape index (κ1) is 7.09. The lowest BCUT2D eigenvalue weighted by molar-refractivity contribution is 0.816. The molecule has 2 aromatic rings. The smallest absolute Gasteiger partial charge is 0.276 e. The number of fused-ring (bicyclic) bond motifs is 1. The summed E-state index contributed by atoms with van der Waals surface area (Å²) in [5.74, 6) is 0. The van der Waals surface area contributed by atoms with Gasteiger partial charge in [-0.2, -0.15) is 5.10 Å². The Kier molecular flexibility index (Phi) is 1.30. The van der Waals surface area contributed by atoms with Crippen molar-refractivity contribution in [2.45, 2.75) is 6.92 Å². The monoisotopic (exact) mass is 163 g/mol. The Labute approximate surface area is 69.1 Å². The average molecular weight is 163 g/mol. The zero-order valence-electron chi connectivity index (χ0n) is 6.98. The quantitative estimate of drug-likeness (QED) is 0.562. The zero-order chi connectivity index (χ0) is 8.72. The second-order valence-electron chi connectivity index (χ2n) is 2.83. The van der Waals surface area contributed by atoms with Crippen molar-refractivity contribution in [2.75, 3.05) is 0 Å². The second kappa shape index (κ2) is 2.20. The Bertz CT molecular complexity index is 480. The van der Waals surface area contributed by atoms with Gasteiger partial charge in [-0.3, -0.25) is 4.79 Å². The molecule has 0 aliphatic carbocycles. The SMILES string of the molecule is Cc1cc2c(=O)n(C)ccn2n1. The number of aryl methyl sites for hydroxylation is 2. The highest BCUT2D eigenvalue weighted by molar-refractivity contribution is 5.44. The second-order valence-corrected chi connectivity index (χ2v) is 2.83. The van der Waals surface area contributed by atoms with E-state index in [-0.39, 0.29) is 5.56 Å². The van der Waals surface area contributed by atoms with E-state index >= 15 is 0 Å². The molecule has 12 heavy (non-hydrogen) atoms. The molecule has 2 aromatic heterocycles. The molecule has 0 aliphatic rings. The molecule has 4 nitrogen and oxygen atoms in total. The van der Waals surface area contributed by atoms with Gasteiger partial charge in [0.25, 0.3) is 5.56 Å². The molecule has 0 bridgehead atoms. The molecule has 0 saturated heterocycles. The van der Waals surface area contributed by atoms with Crippen LogP contribution in [-0.2, 0) is 7.05 Å². The molecule has 0 fully saturated rings. The van der Waals surface area contributed by atoms with Gasteiger partial charge in [0, 0.05) is 19.4 Å². The van der Waals surface area contributed by atoms with Crippen molar-refractivity contribution in [3.8, 4) is 0 Å². The summed E-state index contributed by atoms with van der Waals surface area (Å²) < 4.78 is 3.13. The Balaban J connectivity index is 2.99. The molecule has 0 spiro atoms. The van der Waals surface area contributed by atoms with Crippen LogP contribution in [0, 0.1) is 6.92 Å². The van der Waals surface area contributed by atoms with E-state index in [1.54, 1.807) is 30.0 Å². The van der Waals surface area contributed by atoms with E-state index in [4.69, 9.17) is 0 Å². The molecule has 4 heteroatoms. The van der Waals surface area contributed by atoms with E-state index in [1.165, 1.54) is 4.57 Å². The van der Waals surface area contributed by atoms with Gasteiger partial charge in [-0.15, -0.1) is 0 Å². The third kappa shape index (κ3) is 0.845. The number of hydrogen-bond acceptors (Lipinski definition) is 2. The molecular formula is C8H9N3O. The molecule has 62 valence electrons. The van der Waals surface area contributed by atoms with Gasteiger partial charge in [0.2, 0.25) is 0 Å². The zero-order valence-corrected chi connectivity index (χ0v) is 6.98. The van der Waals surface area contributed by atoms with E-state index in [0.717, 1.165) is 5.69 Å². The van der Waals surface area contributed by atoms with Gasteiger partial charge in [-0.25, -0.2) is 4.52 Å². The summed E-state index contributed by atoms with van der Waals surface area (Å²) in [4.78, 5) is 11.4. The maximum atomic E-state index is 11.4. The summed E-state index contributed by atoms with van der Waals surface area (Å²) in [7, 11) is 1.73. The van der Waals surface area contributed by atoms with Crippen LogP contribution in [0.5, 0.6) is 0 Å². The maximum Gasteiger partial charge on any atom is 0.276 e. The van der Waals surface area contributed by atoms with Gasteiger partial charge in [0.15, 0.2) is 0 Å². The maximum absolute atomic E-state index is 11.4. The van der Waals surface area contributed by atoms with Crippen LogP contribution in [0.1, 0.15) is 5.69 Å². The average Bonchev–Trinajstić information content (AvgIpc) is 2.39. The summed E-state index contributed by atoms with van der Waals surface area (Å²) in [6, 6.07) is 1.78. The highest BCUT2D eigenvalue weighted by Gasteiger charge is 2.01. The minimum Gasteiger partial charge on any atom is -0.315 e. The van der Waals surface area contributed by atoms with Crippen molar-refractivity contribution in [2.24, 2.45) is 7.05 Å². The predicted octanol–water partition coefficient (Wildman–Crippen LogP) is 0.341. The normalized spacial score (nSPS) is 10.8. The third-order valence-electron chi connectivity index (χ3n) is 1.83. The fourth-order valence-corrected chi connectivity index (χ4v) is 1.20. The third-order valence-corrected chi connectivity index (χ3v) is 1.83. The number of aromatic nitrogens is 3. The molecule has 0 amide bonds. The van der Waals surface area contributed by atoms with Crippen molar-refractivity contribution in [3.05, 3.63) is 34.5 Å². The highest BCUT2D eigenvalue weighted by Crippen LogP contribution is 1.98. The van der Waals surface area contributed by atoms with Gasteiger partial charge >= 0.3 is 0 Å². The number of hydrogen-bond donors (Lipinski definition) is 0. The Morgan fingerprint density at radius 3 is 2.92 bits per heavy atom. The largest absolute Gasteiger partial charge is 0.315 e. The van der Waals surface area contributed by atoms with Gasteiger partial charge in [-0.05, 0) is 13.0 Å². The number of nitrogens with zero attached hydrogens (tertiary/aromatic N) is 3. The molecular weight excluding hydrogens is 154 g/mol. The molecule has 0 radical (unpaired) electrons. The van der Waals surface area contributed by atoms with Crippen LogP contribution in [0.25, 0.3) is 5.52 Å². The van der Waals surface area contributed by atoms with Crippen LogP contribution in [0.4, 0.5) is 0 Å². The van der Waals surface area contributed by atoms with Crippen LogP contribution in [0.2, 0.25) is 0 Å². The van der Waals surface area contributed by atoms with Crippen LogP contribution < -0.4 is 5.56 Å². The van der Waals surface area contributed by atoms with Gasteiger partial charge in [-0.1, -0.05) is 0 Å². The first-order valence-corrected chi connectivity index (χ1v) is 3.70. The molecule has 2 heterocycles. The Morgan fingerprint density at radius 2 is 2.17 bits per heavy atom. The van der Waals surface area contributed by atoms with E-state index in [9.17, 15) is 4.79 Å². The molecule has 0 aliphatic heterocycles. The van der Waals surface area contributed by atoms with Crippen molar-refractivity contribution >= 4 is 5.52 Å². The summed E-state index contributed by atoms with van der Waals surface area (Å²) in [6.07, 6.45) is 3.46. The summed E-state index contributed by atoms with van der Waals surface area (Å²) in [6.45, 7) is 1.87. The lowest BCUT2D eigenvalue weighted by atomic mass is 10.4. The molecule has 0 atom stereocenters. The Hall–Kier alpha value is -1.58. The van der Waals surface area contributed by atoms with Gasteiger partial charge in [0.1, 0.15) is 5.52 Å². The van der Waals surface area contributed by atoms with E-state index in [1.807, 2.05) is 6.92 Å². The fourth-order valence-electron chi connectivity index (χ4n) is 1.20. The van der Waals surface area contributed by atoms with Crippen molar-refractivity contribution in [3.63, 3.8) is 0 Å².